The maximum Gasteiger partial charge on any atom is 0.137 e. The lowest BCUT2D eigenvalue weighted by atomic mass is 9.96. The van der Waals surface area contributed by atoms with Gasteiger partial charge < -0.3 is 5.11 Å². The van der Waals surface area contributed by atoms with Gasteiger partial charge in [0.15, 0.2) is 0 Å². The van der Waals surface area contributed by atoms with Crippen molar-refractivity contribution in [1.82, 2.24) is 14.8 Å². The summed E-state index contributed by atoms with van der Waals surface area (Å²) in [6.07, 6.45) is 3.04. The first kappa shape index (κ1) is 15.8. The number of nitrogens with zero attached hydrogens (tertiary/aromatic N) is 3. The monoisotopic (exact) mass is 307 g/mol. The zero-order chi connectivity index (χ0) is 15.5. The van der Waals surface area contributed by atoms with Crippen molar-refractivity contribution in [3.63, 3.8) is 0 Å². The molecule has 0 saturated carbocycles. The van der Waals surface area contributed by atoms with E-state index in [1.54, 1.807) is 23.1 Å². The predicted molar refractivity (Wildman–Crippen MR) is 83.1 cm³/mol. The van der Waals surface area contributed by atoms with Gasteiger partial charge in [0, 0.05) is 0 Å². The van der Waals surface area contributed by atoms with E-state index >= 15 is 0 Å². The van der Waals surface area contributed by atoms with Gasteiger partial charge >= 0.3 is 0 Å². The van der Waals surface area contributed by atoms with Crippen molar-refractivity contribution in [2.24, 2.45) is 0 Å². The van der Waals surface area contributed by atoms with Crippen LogP contribution in [0.25, 0.3) is 0 Å². The molecule has 0 saturated heterocycles. The Kier molecular flexibility index (Phi) is 4.58. The molecule has 0 aliphatic heterocycles. The smallest absolute Gasteiger partial charge is 0.137 e. The van der Waals surface area contributed by atoms with E-state index in [1.807, 2.05) is 0 Å². The van der Waals surface area contributed by atoms with Crippen LogP contribution in [0.4, 0.5) is 4.39 Å². The molecule has 2 aromatic rings. The number of aromatic nitrogens is 3. The van der Waals surface area contributed by atoms with Gasteiger partial charge in [0.1, 0.15) is 24.1 Å². The van der Waals surface area contributed by atoms with Crippen LogP contribution < -0.4 is 0 Å². The molecule has 1 N–H and O–H groups in total. The van der Waals surface area contributed by atoms with Crippen molar-refractivity contribution < 1.29 is 9.50 Å². The number of rotatable bonds is 6. The van der Waals surface area contributed by atoms with Crippen molar-refractivity contribution in [2.75, 3.05) is 0 Å². The maximum absolute atomic E-state index is 13.2. The molecular weight excluding hydrogens is 285 g/mol. The SMILES string of the molecule is CC[Si](C)(C)CC(O)(Cn1cncn1)c1ccc(F)cc1. The Morgan fingerprint density at radius 2 is 1.95 bits per heavy atom. The predicted octanol–water partition coefficient (Wildman–Crippen LogP) is 3.03. The molecule has 0 spiro atoms. The van der Waals surface area contributed by atoms with Crippen LogP contribution in [0.1, 0.15) is 12.5 Å². The molecule has 1 aromatic carbocycles. The van der Waals surface area contributed by atoms with Crippen LogP contribution in [-0.4, -0.2) is 27.9 Å². The van der Waals surface area contributed by atoms with E-state index in [0.29, 0.717) is 12.6 Å². The van der Waals surface area contributed by atoms with Gasteiger partial charge in [0.25, 0.3) is 0 Å². The van der Waals surface area contributed by atoms with Crippen molar-refractivity contribution in [3.8, 4) is 0 Å². The van der Waals surface area contributed by atoms with Crippen LogP contribution in [0.3, 0.4) is 0 Å². The summed E-state index contributed by atoms with van der Waals surface area (Å²) in [7, 11) is -1.55. The van der Waals surface area contributed by atoms with E-state index in [1.165, 1.54) is 18.5 Å². The minimum Gasteiger partial charge on any atom is -0.384 e. The molecule has 0 bridgehead atoms. The highest BCUT2D eigenvalue weighted by atomic mass is 28.3. The zero-order valence-corrected chi connectivity index (χ0v) is 13.8. The molecule has 1 heterocycles. The number of aliphatic hydroxyl groups is 1. The summed E-state index contributed by atoms with van der Waals surface area (Å²) in [4.78, 5) is 3.92. The number of hydrogen-bond donors (Lipinski definition) is 1. The Hall–Kier alpha value is -1.53. The summed E-state index contributed by atoms with van der Waals surface area (Å²) >= 11 is 0. The van der Waals surface area contributed by atoms with Gasteiger partial charge in [-0.05, 0) is 23.7 Å². The van der Waals surface area contributed by atoms with Crippen LogP contribution >= 0.6 is 0 Å². The van der Waals surface area contributed by atoms with Crippen LogP contribution in [0.15, 0.2) is 36.9 Å². The fourth-order valence-electron chi connectivity index (χ4n) is 2.51. The van der Waals surface area contributed by atoms with Gasteiger partial charge in [-0.25, -0.2) is 14.1 Å². The van der Waals surface area contributed by atoms with E-state index in [2.05, 4.69) is 30.1 Å². The fourth-order valence-corrected chi connectivity index (χ4v) is 4.66. The van der Waals surface area contributed by atoms with E-state index in [0.717, 1.165) is 11.6 Å². The van der Waals surface area contributed by atoms with Crippen molar-refractivity contribution in [1.29, 1.82) is 0 Å². The van der Waals surface area contributed by atoms with Crippen LogP contribution in [-0.2, 0) is 12.1 Å². The van der Waals surface area contributed by atoms with E-state index in [4.69, 9.17) is 0 Å². The summed E-state index contributed by atoms with van der Waals surface area (Å²) < 4.78 is 14.8. The lowest BCUT2D eigenvalue weighted by Gasteiger charge is -2.35. The standard InChI is InChI=1S/C15H22FN3OSi/c1-4-21(2,3)10-15(20,9-19-12-17-11-18-19)13-5-7-14(16)8-6-13/h5-8,11-12,20H,4,9-10H2,1-3H3. The molecule has 2 rings (SSSR count). The van der Waals surface area contributed by atoms with Gasteiger partial charge in [-0.3, -0.25) is 0 Å². The minimum atomic E-state index is -1.55. The van der Waals surface area contributed by atoms with E-state index in [9.17, 15) is 9.50 Å². The van der Waals surface area contributed by atoms with E-state index < -0.39 is 13.7 Å². The first-order valence-corrected chi connectivity index (χ1v) is 10.6. The second-order valence-electron chi connectivity index (χ2n) is 6.33. The van der Waals surface area contributed by atoms with Crippen LogP contribution in [0, 0.1) is 5.82 Å². The summed E-state index contributed by atoms with van der Waals surface area (Å²) in [6.45, 7) is 6.99. The molecule has 0 amide bonds. The normalized spacial score (nSPS) is 14.9. The van der Waals surface area contributed by atoms with Gasteiger partial charge in [0.2, 0.25) is 0 Å². The number of halogens is 1. The molecular formula is C15H22FN3OSi. The second kappa shape index (κ2) is 6.07. The molecule has 0 aliphatic rings. The van der Waals surface area contributed by atoms with Crippen molar-refractivity contribution >= 4 is 8.07 Å². The highest BCUT2D eigenvalue weighted by molar-refractivity contribution is 6.77. The molecule has 4 nitrogen and oxygen atoms in total. The van der Waals surface area contributed by atoms with Gasteiger partial charge in [-0.1, -0.05) is 38.2 Å². The summed E-state index contributed by atoms with van der Waals surface area (Å²) in [5.41, 5.74) is -0.318. The molecule has 1 unspecified atom stereocenters. The molecule has 1 atom stereocenters. The number of benzene rings is 1. The maximum atomic E-state index is 13.2. The Balaban J connectivity index is 2.35. The summed E-state index contributed by atoms with van der Waals surface area (Å²) in [6, 6.07) is 7.87. The first-order valence-electron chi connectivity index (χ1n) is 7.15. The van der Waals surface area contributed by atoms with Crippen molar-refractivity contribution in [2.45, 2.75) is 44.3 Å². The van der Waals surface area contributed by atoms with Gasteiger partial charge in [0.05, 0.1) is 14.6 Å². The highest BCUT2D eigenvalue weighted by Crippen LogP contribution is 2.34. The Bertz CT molecular complexity index is 571. The molecule has 6 heteroatoms. The average Bonchev–Trinajstić information content (AvgIpc) is 2.91. The first-order chi connectivity index (χ1) is 9.85. The fraction of sp³-hybridized carbons (Fsp3) is 0.467. The molecule has 0 radical (unpaired) electrons. The Morgan fingerprint density at radius 3 is 2.48 bits per heavy atom. The van der Waals surface area contributed by atoms with Gasteiger partial charge in [-0.2, -0.15) is 5.10 Å². The van der Waals surface area contributed by atoms with E-state index in [-0.39, 0.29) is 5.82 Å². The quantitative estimate of drug-likeness (QED) is 0.835. The van der Waals surface area contributed by atoms with Gasteiger partial charge in [-0.15, -0.1) is 0 Å². The summed E-state index contributed by atoms with van der Waals surface area (Å²) in [5.74, 6) is -0.297. The second-order valence-corrected chi connectivity index (χ2v) is 11.7. The highest BCUT2D eigenvalue weighted by Gasteiger charge is 2.37. The van der Waals surface area contributed by atoms with Crippen LogP contribution in [0.5, 0.6) is 0 Å². The van der Waals surface area contributed by atoms with Crippen molar-refractivity contribution in [3.05, 3.63) is 48.3 Å². The number of hydrogen-bond acceptors (Lipinski definition) is 3. The average molecular weight is 307 g/mol. The third-order valence-electron chi connectivity index (χ3n) is 4.00. The lowest BCUT2D eigenvalue weighted by molar-refractivity contribution is 0.0329. The Labute approximate surface area is 125 Å². The zero-order valence-electron chi connectivity index (χ0n) is 12.8. The molecule has 1 aromatic heterocycles. The topological polar surface area (TPSA) is 50.9 Å². The third kappa shape index (κ3) is 3.98. The Morgan fingerprint density at radius 1 is 1.29 bits per heavy atom. The third-order valence-corrected chi connectivity index (χ3v) is 7.46. The molecule has 0 fully saturated rings. The molecule has 21 heavy (non-hydrogen) atoms. The largest absolute Gasteiger partial charge is 0.384 e. The summed E-state index contributed by atoms with van der Waals surface area (Å²) in [5, 5.41) is 15.3. The molecule has 0 aliphatic carbocycles. The minimum absolute atomic E-state index is 0.297. The van der Waals surface area contributed by atoms with Crippen LogP contribution in [0.2, 0.25) is 25.2 Å². The lowest BCUT2D eigenvalue weighted by Crippen LogP contribution is -2.40. The molecule has 114 valence electrons.